The van der Waals surface area contributed by atoms with E-state index in [2.05, 4.69) is 10.3 Å². The molecule has 0 aliphatic carbocycles. The first kappa shape index (κ1) is 12.4. The maximum atomic E-state index is 12.1. The van der Waals surface area contributed by atoms with E-state index in [0.29, 0.717) is 18.4 Å². The van der Waals surface area contributed by atoms with Gasteiger partial charge in [-0.25, -0.2) is 4.79 Å². The Morgan fingerprint density at radius 2 is 2.17 bits per heavy atom. The van der Waals surface area contributed by atoms with Crippen LogP contribution < -0.4 is 16.6 Å². The monoisotopic (exact) mass is 249 g/mol. The minimum atomic E-state index is -0.495. The molecule has 0 amide bonds. The van der Waals surface area contributed by atoms with Gasteiger partial charge >= 0.3 is 5.69 Å². The lowest BCUT2D eigenvalue weighted by atomic mass is 10.2. The predicted molar refractivity (Wildman–Crippen MR) is 69.0 cm³/mol. The van der Waals surface area contributed by atoms with E-state index in [9.17, 15) is 14.7 Å². The van der Waals surface area contributed by atoms with E-state index in [-0.39, 0.29) is 16.8 Å². The summed E-state index contributed by atoms with van der Waals surface area (Å²) in [6.07, 6.45) is 0.684. The zero-order valence-corrected chi connectivity index (χ0v) is 10.1. The highest BCUT2D eigenvalue weighted by atomic mass is 16.3. The Labute approximate surface area is 103 Å². The molecule has 0 unspecified atom stereocenters. The molecule has 1 aromatic carbocycles. The number of nitrogens with one attached hydrogen (secondary N) is 2. The topological polar surface area (TPSA) is 87.1 Å². The van der Waals surface area contributed by atoms with Gasteiger partial charge < -0.3 is 15.4 Å². The van der Waals surface area contributed by atoms with E-state index in [4.69, 9.17) is 0 Å². The highest BCUT2D eigenvalue weighted by Crippen LogP contribution is 2.17. The molecule has 3 N–H and O–H groups in total. The number of para-hydroxylation sites is 1. The van der Waals surface area contributed by atoms with Gasteiger partial charge in [-0.15, -0.1) is 0 Å². The number of hydrogen-bond acceptors (Lipinski definition) is 4. The van der Waals surface area contributed by atoms with Crippen molar-refractivity contribution in [2.24, 2.45) is 0 Å². The highest BCUT2D eigenvalue weighted by molar-refractivity contribution is 5.82. The Hall–Kier alpha value is -2.08. The fraction of sp³-hybridized carbons (Fsp3) is 0.333. The van der Waals surface area contributed by atoms with Crippen LogP contribution in [0.2, 0.25) is 0 Å². The normalized spacial score (nSPS) is 10.9. The van der Waals surface area contributed by atoms with Crippen molar-refractivity contribution in [1.82, 2.24) is 14.9 Å². The zero-order chi connectivity index (χ0) is 13.1. The van der Waals surface area contributed by atoms with E-state index in [1.165, 1.54) is 6.07 Å². The standard InChI is InChI=1S/C12H15N3O3/c1-13-6-3-7-15-11(17)8-4-2-5-9(16)10(8)14-12(15)18/h2,4-5,13,16H,3,6-7H2,1H3,(H,14,18). The number of H-pyrrole nitrogens is 1. The summed E-state index contributed by atoms with van der Waals surface area (Å²) in [4.78, 5) is 26.4. The number of hydrogen-bond donors (Lipinski definition) is 3. The van der Waals surface area contributed by atoms with Crippen LogP contribution in [0.5, 0.6) is 5.75 Å². The third-order valence-electron chi connectivity index (χ3n) is 2.80. The summed E-state index contributed by atoms with van der Waals surface area (Å²) in [7, 11) is 1.81. The smallest absolute Gasteiger partial charge is 0.328 e. The molecule has 0 saturated carbocycles. The Bertz CT molecular complexity index is 672. The van der Waals surface area contributed by atoms with Crippen molar-refractivity contribution in [3.05, 3.63) is 39.0 Å². The molecule has 2 aromatic rings. The van der Waals surface area contributed by atoms with E-state index in [1.807, 2.05) is 7.05 Å². The molecule has 1 heterocycles. The van der Waals surface area contributed by atoms with Crippen LogP contribution in [0.1, 0.15) is 6.42 Å². The number of fused-ring (bicyclic) bond motifs is 1. The summed E-state index contributed by atoms with van der Waals surface area (Å²) in [5.74, 6) is -0.0934. The average Bonchev–Trinajstić information content (AvgIpc) is 2.35. The van der Waals surface area contributed by atoms with Crippen LogP contribution in [0.25, 0.3) is 10.9 Å². The van der Waals surface area contributed by atoms with E-state index >= 15 is 0 Å². The molecular formula is C12H15N3O3. The van der Waals surface area contributed by atoms with Crippen molar-refractivity contribution in [2.45, 2.75) is 13.0 Å². The summed E-state index contributed by atoms with van der Waals surface area (Å²) in [6, 6.07) is 4.60. The van der Waals surface area contributed by atoms with Gasteiger partial charge in [-0.3, -0.25) is 9.36 Å². The zero-order valence-electron chi connectivity index (χ0n) is 10.1. The molecule has 1 aromatic heterocycles. The van der Waals surface area contributed by atoms with E-state index in [0.717, 1.165) is 11.1 Å². The van der Waals surface area contributed by atoms with Gasteiger partial charge in [0, 0.05) is 6.54 Å². The molecule has 0 saturated heterocycles. The predicted octanol–water partition coefficient (Wildman–Crippen LogP) is 0.00490. The second kappa shape index (κ2) is 5.05. The van der Waals surface area contributed by atoms with Gasteiger partial charge in [0.05, 0.1) is 10.9 Å². The molecule has 0 fully saturated rings. The van der Waals surface area contributed by atoms with Crippen LogP contribution >= 0.6 is 0 Å². The highest BCUT2D eigenvalue weighted by Gasteiger charge is 2.09. The molecule has 96 valence electrons. The number of aromatic nitrogens is 2. The van der Waals surface area contributed by atoms with Gasteiger partial charge in [0.25, 0.3) is 5.56 Å². The van der Waals surface area contributed by atoms with Crippen molar-refractivity contribution in [2.75, 3.05) is 13.6 Å². The van der Waals surface area contributed by atoms with Crippen molar-refractivity contribution < 1.29 is 5.11 Å². The SMILES string of the molecule is CNCCCn1c(=O)[nH]c2c(O)cccc2c1=O. The number of phenols is 1. The quantitative estimate of drug-likeness (QED) is 0.666. The Kier molecular flexibility index (Phi) is 3.47. The largest absolute Gasteiger partial charge is 0.506 e. The number of aromatic hydroxyl groups is 1. The number of rotatable bonds is 4. The molecule has 0 aliphatic heterocycles. The van der Waals surface area contributed by atoms with Crippen LogP contribution in [0.3, 0.4) is 0 Å². The van der Waals surface area contributed by atoms with Crippen LogP contribution in [-0.2, 0) is 6.54 Å². The molecule has 18 heavy (non-hydrogen) atoms. The van der Waals surface area contributed by atoms with Gasteiger partial charge in [0.1, 0.15) is 5.75 Å². The van der Waals surface area contributed by atoms with E-state index < -0.39 is 5.69 Å². The molecule has 6 heteroatoms. The fourth-order valence-electron chi connectivity index (χ4n) is 1.88. The molecular weight excluding hydrogens is 234 g/mol. The van der Waals surface area contributed by atoms with Crippen molar-refractivity contribution in [3.63, 3.8) is 0 Å². The lowest BCUT2D eigenvalue weighted by Gasteiger charge is -2.06. The third-order valence-corrected chi connectivity index (χ3v) is 2.80. The minimum Gasteiger partial charge on any atom is -0.506 e. The first-order valence-electron chi connectivity index (χ1n) is 5.74. The van der Waals surface area contributed by atoms with Crippen LogP contribution in [0.4, 0.5) is 0 Å². The lowest BCUT2D eigenvalue weighted by molar-refractivity contribution is 0.479. The van der Waals surface area contributed by atoms with E-state index in [1.54, 1.807) is 12.1 Å². The van der Waals surface area contributed by atoms with Gasteiger partial charge in [-0.05, 0) is 32.1 Å². The molecule has 0 aliphatic rings. The second-order valence-electron chi connectivity index (χ2n) is 4.04. The minimum absolute atomic E-state index is 0.0934. The second-order valence-corrected chi connectivity index (χ2v) is 4.04. The number of nitrogens with zero attached hydrogens (tertiary/aromatic N) is 1. The lowest BCUT2D eigenvalue weighted by Crippen LogP contribution is -2.35. The molecule has 0 spiro atoms. The Morgan fingerprint density at radius 1 is 1.39 bits per heavy atom. The first-order valence-corrected chi connectivity index (χ1v) is 5.74. The van der Waals surface area contributed by atoms with Gasteiger partial charge in [0.2, 0.25) is 0 Å². The summed E-state index contributed by atoms with van der Waals surface area (Å²) in [5, 5.41) is 12.9. The maximum absolute atomic E-state index is 12.1. The molecule has 0 bridgehead atoms. The number of benzene rings is 1. The van der Waals surface area contributed by atoms with Gasteiger partial charge in [0.15, 0.2) is 0 Å². The molecule has 6 nitrogen and oxygen atoms in total. The van der Waals surface area contributed by atoms with Crippen LogP contribution in [-0.4, -0.2) is 28.3 Å². The van der Waals surface area contributed by atoms with Crippen molar-refractivity contribution in [1.29, 1.82) is 0 Å². The summed E-state index contributed by atoms with van der Waals surface area (Å²) in [6.45, 7) is 1.07. The number of phenolic OH excluding ortho intramolecular Hbond substituents is 1. The number of aromatic amines is 1. The van der Waals surface area contributed by atoms with Crippen molar-refractivity contribution in [3.8, 4) is 5.75 Å². The summed E-state index contributed by atoms with van der Waals surface area (Å²) in [5.41, 5.74) is -0.678. The maximum Gasteiger partial charge on any atom is 0.328 e. The van der Waals surface area contributed by atoms with Gasteiger partial charge in [-0.2, -0.15) is 0 Å². The Balaban J connectivity index is 2.56. The molecule has 0 radical (unpaired) electrons. The molecule has 0 atom stereocenters. The van der Waals surface area contributed by atoms with Crippen molar-refractivity contribution >= 4 is 10.9 Å². The first-order chi connectivity index (χ1) is 8.65. The molecule has 2 rings (SSSR count). The third kappa shape index (κ3) is 2.14. The average molecular weight is 249 g/mol. The van der Waals surface area contributed by atoms with Crippen LogP contribution in [0.15, 0.2) is 27.8 Å². The Morgan fingerprint density at radius 3 is 2.89 bits per heavy atom. The van der Waals surface area contributed by atoms with Crippen LogP contribution in [0, 0.1) is 0 Å². The van der Waals surface area contributed by atoms with Gasteiger partial charge in [-0.1, -0.05) is 6.07 Å². The fourth-order valence-corrected chi connectivity index (χ4v) is 1.88. The summed E-state index contributed by atoms with van der Waals surface area (Å²) < 4.78 is 1.15. The summed E-state index contributed by atoms with van der Waals surface area (Å²) >= 11 is 0.